The van der Waals surface area contributed by atoms with Crippen LogP contribution in [0.4, 0.5) is 5.69 Å². The second-order valence-electron chi connectivity index (χ2n) is 5.73. The summed E-state index contributed by atoms with van der Waals surface area (Å²) in [6.45, 7) is 8.40. The van der Waals surface area contributed by atoms with Crippen molar-refractivity contribution in [2.75, 3.05) is 25.4 Å². The van der Waals surface area contributed by atoms with Crippen molar-refractivity contribution in [3.63, 3.8) is 0 Å². The first-order chi connectivity index (χ1) is 8.67. The smallest absolute Gasteiger partial charge is 0.0316 e. The third kappa shape index (κ3) is 3.05. The molecule has 0 aliphatic carbocycles. The number of hydrogen-bond donors (Lipinski definition) is 1. The molecule has 1 aliphatic rings. The predicted molar refractivity (Wildman–Crippen MR) is 78.6 cm³/mol. The van der Waals surface area contributed by atoms with E-state index in [0.29, 0.717) is 5.41 Å². The Morgan fingerprint density at radius 2 is 2.06 bits per heavy atom. The Kier molecular flexibility index (Phi) is 4.28. The first kappa shape index (κ1) is 13.4. The Bertz CT molecular complexity index is 382. The minimum atomic E-state index is 0.593. The van der Waals surface area contributed by atoms with Gasteiger partial charge in [0.2, 0.25) is 0 Å². The summed E-state index contributed by atoms with van der Waals surface area (Å²) < 4.78 is 0. The molecule has 0 atom stereocenters. The number of rotatable bonds is 5. The standard InChI is InChI=1S/C16H26N2/c1-3-16(4-2)9-11-18(13-16)10-8-14-6-5-7-15(17)12-14/h5-7,12H,3-4,8-11,13,17H2,1-2H3. The van der Waals surface area contributed by atoms with Gasteiger partial charge in [0.1, 0.15) is 0 Å². The molecular weight excluding hydrogens is 220 g/mol. The van der Waals surface area contributed by atoms with Crippen LogP contribution < -0.4 is 5.73 Å². The van der Waals surface area contributed by atoms with Gasteiger partial charge in [0, 0.05) is 18.8 Å². The minimum Gasteiger partial charge on any atom is -0.399 e. The number of likely N-dealkylation sites (tertiary alicyclic amines) is 1. The van der Waals surface area contributed by atoms with E-state index in [0.717, 1.165) is 12.1 Å². The van der Waals surface area contributed by atoms with E-state index in [1.807, 2.05) is 6.07 Å². The zero-order valence-electron chi connectivity index (χ0n) is 11.8. The van der Waals surface area contributed by atoms with Crippen LogP contribution in [-0.2, 0) is 6.42 Å². The lowest BCUT2D eigenvalue weighted by atomic mass is 9.82. The molecule has 2 rings (SSSR count). The topological polar surface area (TPSA) is 29.3 Å². The third-order valence-electron chi connectivity index (χ3n) is 4.69. The van der Waals surface area contributed by atoms with Crippen LogP contribution in [0.3, 0.4) is 0 Å². The van der Waals surface area contributed by atoms with E-state index >= 15 is 0 Å². The van der Waals surface area contributed by atoms with Crippen molar-refractivity contribution in [3.8, 4) is 0 Å². The minimum absolute atomic E-state index is 0.593. The summed E-state index contributed by atoms with van der Waals surface area (Å²) in [6.07, 6.45) is 5.13. The number of anilines is 1. The number of nitrogen functional groups attached to an aromatic ring is 1. The second-order valence-corrected chi connectivity index (χ2v) is 5.73. The number of benzene rings is 1. The Morgan fingerprint density at radius 1 is 1.28 bits per heavy atom. The molecule has 1 heterocycles. The van der Waals surface area contributed by atoms with Crippen LogP contribution >= 0.6 is 0 Å². The molecule has 18 heavy (non-hydrogen) atoms. The summed E-state index contributed by atoms with van der Waals surface area (Å²) in [7, 11) is 0. The average molecular weight is 246 g/mol. The highest BCUT2D eigenvalue weighted by atomic mass is 15.2. The fraction of sp³-hybridized carbons (Fsp3) is 0.625. The molecule has 1 saturated heterocycles. The van der Waals surface area contributed by atoms with E-state index in [2.05, 4.69) is 36.9 Å². The van der Waals surface area contributed by atoms with Gasteiger partial charge < -0.3 is 10.6 Å². The number of nitrogens with zero attached hydrogens (tertiary/aromatic N) is 1. The molecule has 1 fully saturated rings. The van der Waals surface area contributed by atoms with E-state index in [-0.39, 0.29) is 0 Å². The largest absolute Gasteiger partial charge is 0.399 e. The van der Waals surface area contributed by atoms with Crippen molar-refractivity contribution < 1.29 is 0 Å². The van der Waals surface area contributed by atoms with E-state index in [9.17, 15) is 0 Å². The van der Waals surface area contributed by atoms with Crippen LogP contribution in [0, 0.1) is 5.41 Å². The molecule has 2 nitrogen and oxygen atoms in total. The first-order valence-electron chi connectivity index (χ1n) is 7.24. The summed E-state index contributed by atoms with van der Waals surface area (Å²) in [4.78, 5) is 2.62. The molecular formula is C16H26N2. The van der Waals surface area contributed by atoms with Crippen molar-refractivity contribution in [1.82, 2.24) is 4.90 Å². The lowest BCUT2D eigenvalue weighted by Crippen LogP contribution is -2.28. The van der Waals surface area contributed by atoms with Crippen molar-refractivity contribution in [3.05, 3.63) is 29.8 Å². The van der Waals surface area contributed by atoms with Crippen LogP contribution in [0.1, 0.15) is 38.7 Å². The lowest BCUT2D eigenvalue weighted by molar-refractivity contribution is 0.242. The van der Waals surface area contributed by atoms with Gasteiger partial charge in [-0.2, -0.15) is 0 Å². The predicted octanol–water partition coefficient (Wildman–Crippen LogP) is 3.32. The lowest BCUT2D eigenvalue weighted by Gasteiger charge is -2.26. The van der Waals surface area contributed by atoms with Crippen molar-refractivity contribution in [2.45, 2.75) is 39.5 Å². The molecule has 0 spiro atoms. The maximum Gasteiger partial charge on any atom is 0.0316 e. The van der Waals surface area contributed by atoms with Gasteiger partial charge in [-0.3, -0.25) is 0 Å². The van der Waals surface area contributed by atoms with Crippen molar-refractivity contribution in [2.24, 2.45) is 5.41 Å². The summed E-state index contributed by atoms with van der Waals surface area (Å²) in [6, 6.07) is 8.29. The van der Waals surface area contributed by atoms with Crippen LogP contribution in [0.2, 0.25) is 0 Å². The van der Waals surface area contributed by atoms with Gasteiger partial charge in [0.15, 0.2) is 0 Å². The Balaban J connectivity index is 1.85. The molecule has 0 aromatic heterocycles. The van der Waals surface area contributed by atoms with Crippen LogP contribution in [0.25, 0.3) is 0 Å². The van der Waals surface area contributed by atoms with Gasteiger partial charge in [-0.05, 0) is 55.3 Å². The van der Waals surface area contributed by atoms with Crippen molar-refractivity contribution in [1.29, 1.82) is 0 Å². The average Bonchev–Trinajstić information content (AvgIpc) is 2.81. The fourth-order valence-corrected chi connectivity index (χ4v) is 3.08. The number of nitrogens with two attached hydrogens (primary N) is 1. The molecule has 0 saturated carbocycles. The Morgan fingerprint density at radius 3 is 2.67 bits per heavy atom. The van der Waals surface area contributed by atoms with Gasteiger partial charge in [0.05, 0.1) is 0 Å². The number of hydrogen-bond acceptors (Lipinski definition) is 2. The zero-order chi connectivity index (χ0) is 13.0. The van der Waals surface area contributed by atoms with Gasteiger partial charge >= 0.3 is 0 Å². The summed E-state index contributed by atoms with van der Waals surface area (Å²) >= 11 is 0. The third-order valence-corrected chi connectivity index (χ3v) is 4.69. The Hall–Kier alpha value is -1.02. The second kappa shape index (κ2) is 5.75. The normalized spacial score (nSPS) is 19.2. The van der Waals surface area contributed by atoms with Gasteiger partial charge in [-0.15, -0.1) is 0 Å². The summed E-state index contributed by atoms with van der Waals surface area (Å²) in [5, 5.41) is 0. The SMILES string of the molecule is CCC1(CC)CCN(CCc2cccc(N)c2)C1. The molecule has 1 aliphatic heterocycles. The molecule has 2 heteroatoms. The molecule has 0 bridgehead atoms. The summed E-state index contributed by atoms with van der Waals surface area (Å²) in [5.41, 5.74) is 8.65. The summed E-state index contributed by atoms with van der Waals surface area (Å²) in [5.74, 6) is 0. The molecule has 2 N–H and O–H groups in total. The molecule has 100 valence electrons. The molecule has 0 amide bonds. The zero-order valence-corrected chi connectivity index (χ0v) is 11.8. The van der Waals surface area contributed by atoms with Crippen LogP contribution in [0.5, 0.6) is 0 Å². The van der Waals surface area contributed by atoms with Crippen molar-refractivity contribution >= 4 is 5.69 Å². The van der Waals surface area contributed by atoms with E-state index in [1.54, 1.807) is 0 Å². The van der Waals surface area contributed by atoms with E-state index in [1.165, 1.54) is 44.5 Å². The van der Waals surface area contributed by atoms with Crippen LogP contribution in [-0.4, -0.2) is 24.5 Å². The van der Waals surface area contributed by atoms with Gasteiger partial charge in [0.25, 0.3) is 0 Å². The monoisotopic (exact) mass is 246 g/mol. The molecule has 1 aromatic rings. The van der Waals surface area contributed by atoms with E-state index in [4.69, 9.17) is 5.73 Å². The highest BCUT2D eigenvalue weighted by Crippen LogP contribution is 2.36. The molecule has 0 unspecified atom stereocenters. The quantitative estimate of drug-likeness (QED) is 0.808. The van der Waals surface area contributed by atoms with E-state index < -0.39 is 0 Å². The highest BCUT2D eigenvalue weighted by Gasteiger charge is 2.34. The van der Waals surface area contributed by atoms with Gasteiger partial charge in [-0.25, -0.2) is 0 Å². The maximum absolute atomic E-state index is 5.81. The van der Waals surface area contributed by atoms with Crippen LogP contribution in [0.15, 0.2) is 24.3 Å². The maximum atomic E-state index is 5.81. The first-order valence-corrected chi connectivity index (χ1v) is 7.24. The molecule has 0 radical (unpaired) electrons. The Labute approximate surface area is 111 Å². The fourth-order valence-electron chi connectivity index (χ4n) is 3.08. The highest BCUT2D eigenvalue weighted by molar-refractivity contribution is 5.40. The molecule has 1 aromatic carbocycles. The van der Waals surface area contributed by atoms with Gasteiger partial charge in [-0.1, -0.05) is 26.0 Å².